The molecule has 2 aromatic rings. The number of rotatable bonds is 2. The first-order valence-corrected chi connectivity index (χ1v) is 4.44. The third-order valence-electron chi connectivity index (χ3n) is 1.81. The third-order valence-corrected chi connectivity index (χ3v) is 1.81. The molecule has 0 unspecified atom stereocenters. The van der Waals surface area contributed by atoms with Gasteiger partial charge in [0.05, 0.1) is 11.9 Å². The molecular formula is C11H11N3. The molecule has 0 amide bonds. The fourth-order valence-corrected chi connectivity index (χ4v) is 1.21. The van der Waals surface area contributed by atoms with Crippen molar-refractivity contribution in [1.82, 2.24) is 9.97 Å². The quantitative estimate of drug-likeness (QED) is 0.781. The molecule has 0 spiro atoms. The Hall–Kier alpha value is -1.90. The standard InChI is InChI=1S/C11H11N3/c1-9-6-10(8-12-7-9)14-11-4-2-3-5-13-11/h2-8H,1H3,(H,13,14). The lowest BCUT2D eigenvalue weighted by atomic mass is 10.3. The molecule has 0 atom stereocenters. The van der Waals surface area contributed by atoms with Crippen molar-refractivity contribution in [3.63, 3.8) is 0 Å². The van der Waals surface area contributed by atoms with Crippen molar-refractivity contribution in [2.24, 2.45) is 0 Å². The number of hydrogen-bond donors (Lipinski definition) is 1. The zero-order valence-electron chi connectivity index (χ0n) is 7.94. The molecule has 0 radical (unpaired) electrons. The summed E-state index contributed by atoms with van der Waals surface area (Å²) in [6.07, 6.45) is 5.36. The Morgan fingerprint density at radius 1 is 1.21 bits per heavy atom. The molecule has 1 N–H and O–H groups in total. The average Bonchev–Trinajstić information content (AvgIpc) is 2.19. The van der Waals surface area contributed by atoms with Crippen LogP contribution in [0.1, 0.15) is 5.56 Å². The van der Waals surface area contributed by atoms with Gasteiger partial charge in [-0.1, -0.05) is 6.07 Å². The highest BCUT2D eigenvalue weighted by Crippen LogP contribution is 2.13. The molecule has 0 aliphatic rings. The second-order valence-corrected chi connectivity index (χ2v) is 3.09. The van der Waals surface area contributed by atoms with E-state index in [1.54, 1.807) is 12.4 Å². The monoisotopic (exact) mass is 185 g/mol. The highest BCUT2D eigenvalue weighted by Gasteiger charge is 1.94. The van der Waals surface area contributed by atoms with Crippen molar-refractivity contribution in [1.29, 1.82) is 0 Å². The first-order valence-electron chi connectivity index (χ1n) is 4.44. The Balaban J connectivity index is 2.19. The van der Waals surface area contributed by atoms with Gasteiger partial charge in [0.1, 0.15) is 5.82 Å². The Bertz CT molecular complexity index is 412. The van der Waals surface area contributed by atoms with Crippen LogP contribution >= 0.6 is 0 Å². The highest BCUT2D eigenvalue weighted by atomic mass is 15.0. The molecule has 70 valence electrons. The summed E-state index contributed by atoms with van der Waals surface area (Å²) in [5.74, 6) is 0.833. The molecule has 3 heteroatoms. The number of aromatic nitrogens is 2. The number of hydrogen-bond acceptors (Lipinski definition) is 3. The molecule has 2 rings (SSSR count). The van der Waals surface area contributed by atoms with E-state index in [1.807, 2.05) is 37.4 Å². The van der Waals surface area contributed by atoms with Crippen LogP contribution in [0, 0.1) is 6.92 Å². The Morgan fingerprint density at radius 3 is 2.86 bits per heavy atom. The maximum atomic E-state index is 4.16. The van der Waals surface area contributed by atoms with Gasteiger partial charge in [0.15, 0.2) is 0 Å². The summed E-state index contributed by atoms with van der Waals surface area (Å²) in [6, 6.07) is 7.78. The Kier molecular flexibility index (Phi) is 2.40. The van der Waals surface area contributed by atoms with Gasteiger partial charge in [-0.2, -0.15) is 0 Å². The number of aryl methyl sites for hydroxylation is 1. The number of nitrogens with one attached hydrogen (secondary N) is 1. The van der Waals surface area contributed by atoms with Crippen molar-refractivity contribution in [2.45, 2.75) is 6.92 Å². The maximum Gasteiger partial charge on any atom is 0.130 e. The van der Waals surface area contributed by atoms with Crippen molar-refractivity contribution >= 4 is 11.5 Å². The van der Waals surface area contributed by atoms with Gasteiger partial charge in [-0.15, -0.1) is 0 Å². The summed E-state index contributed by atoms with van der Waals surface area (Å²) in [7, 11) is 0. The minimum atomic E-state index is 0.833. The van der Waals surface area contributed by atoms with E-state index in [-0.39, 0.29) is 0 Å². The van der Waals surface area contributed by atoms with E-state index in [0.717, 1.165) is 17.1 Å². The molecule has 3 nitrogen and oxygen atoms in total. The van der Waals surface area contributed by atoms with Gasteiger partial charge in [-0.25, -0.2) is 4.98 Å². The topological polar surface area (TPSA) is 37.8 Å². The zero-order valence-corrected chi connectivity index (χ0v) is 7.94. The molecule has 0 saturated carbocycles. The van der Waals surface area contributed by atoms with Crippen molar-refractivity contribution < 1.29 is 0 Å². The number of pyridine rings is 2. The minimum Gasteiger partial charge on any atom is -0.339 e. The summed E-state index contributed by atoms with van der Waals surface area (Å²) >= 11 is 0. The fraction of sp³-hybridized carbons (Fsp3) is 0.0909. The van der Waals surface area contributed by atoms with Gasteiger partial charge in [0.25, 0.3) is 0 Å². The van der Waals surface area contributed by atoms with Crippen LogP contribution in [0.25, 0.3) is 0 Å². The normalized spacial score (nSPS) is 9.79. The molecule has 0 saturated heterocycles. The van der Waals surface area contributed by atoms with Crippen LogP contribution in [-0.2, 0) is 0 Å². The molecule has 14 heavy (non-hydrogen) atoms. The van der Waals surface area contributed by atoms with Gasteiger partial charge in [-0.05, 0) is 30.7 Å². The summed E-state index contributed by atoms with van der Waals surface area (Å²) in [5, 5.41) is 3.17. The number of nitrogens with zero attached hydrogens (tertiary/aromatic N) is 2. The van der Waals surface area contributed by atoms with Gasteiger partial charge < -0.3 is 5.32 Å². The summed E-state index contributed by atoms with van der Waals surface area (Å²) < 4.78 is 0. The lowest BCUT2D eigenvalue weighted by molar-refractivity contribution is 1.25. The molecule has 2 heterocycles. The first kappa shape index (κ1) is 8.69. The lowest BCUT2D eigenvalue weighted by Gasteiger charge is -2.04. The second kappa shape index (κ2) is 3.87. The third kappa shape index (κ3) is 2.07. The molecule has 0 aliphatic carbocycles. The predicted molar refractivity (Wildman–Crippen MR) is 56.5 cm³/mol. The van der Waals surface area contributed by atoms with E-state index in [9.17, 15) is 0 Å². The van der Waals surface area contributed by atoms with Crippen LogP contribution in [0.4, 0.5) is 11.5 Å². The van der Waals surface area contributed by atoms with Crippen molar-refractivity contribution in [3.05, 3.63) is 48.4 Å². The average molecular weight is 185 g/mol. The van der Waals surface area contributed by atoms with Crippen molar-refractivity contribution in [3.8, 4) is 0 Å². The predicted octanol–water partition coefficient (Wildman–Crippen LogP) is 2.53. The van der Waals surface area contributed by atoms with Crippen LogP contribution in [0.15, 0.2) is 42.9 Å². The van der Waals surface area contributed by atoms with E-state index in [2.05, 4.69) is 15.3 Å². The summed E-state index contributed by atoms with van der Waals surface area (Å²) in [5.41, 5.74) is 2.09. The van der Waals surface area contributed by atoms with E-state index in [4.69, 9.17) is 0 Å². The molecule has 0 aromatic carbocycles. The van der Waals surface area contributed by atoms with E-state index in [0.29, 0.717) is 0 Å². The summed E-state index contributed by atoms with van der Waals surface area (Å²) in [6.45, 7) is 2.01. The number of anilines is 2. The lowest BCUT2D eigenvalue weighted by Crippen LogP contribution is -1.93. The van der Waals surface area contributed by atoms with Crippen LogP contribution < -0.4 is 5.32 Å². The Labute approximate surface area is 82.8 Å². The van der Waals surface area contributed by atoms with Gasteiger partial charge in [0, 0.05) is 12.4 Å². The van der Waals surface area contributed by atoms with Crippen LogP contribution in [0.5, 0.6) is 0 Å². The molecule has 0 fully saturated rings. The molecule has 0 bridgehead atoms. The first-order chi connectivity index (χ1) is 6.84. The smallest absolute Gasteiger partial charge is 0.130 e. The fourth-order valence-electron chi connectivity index (χ4n) is 1.21. The zero-order chi connectivity index (χ0) is 9.80. The van der Waals surface area contributed by atoms with Gasteiger partial charge in [0.2, 0.25) is 0 Å². The van der Waals surface area contributed by atoms with Gasteiger partial charge >= 0.3 is 0 Å². The largest absolute Gasteiger partial charge is 0.339 e. The van der Waals surface area contributed by atoms with E-state index >= 15 is 0 Å². The van der Waals surface area contributed by atoms with E-state index in [1.165, 1.54) is 0 Å². The highest BCUT2D eigenvalue weighted by molar-refractivity contribution is 5.55. The van der Waals surface area contributed by atoms with Crippen LogP contribution in [0.2, 0.25) is 0 Å². The van der Waals surface area contributed by atoms with Crippen molar-refractivity contribution in [2.75, 3.05) is 5.32 Å². The Morgan fingerprint density at radius 2 is 2.14 bits per heavy atom. The minimum absolute atomic E-state index is 0.833. The molecule has 0 aliphatic heterocycles. The van der Waals surface area contributed by atoms with Gasteiger partial charge in [-0.3, -0.25) is 4.98 Å². The maximum absolute atomic E-state index is 4.16. The summed E-state index contributed by atoms with van der Waals surface area (Å²) in [4.78, 5) is 8.25. The molecule has 2 aromatic heterocycles. The van der Waals surface area contributed by atoms with Crippen LogP contribution in [-0.4, -0.2) is 9.97 Å². The second-order valence-electron chi connectivity index (χ2n) is 3.09. The van der Waals surface area contributed by atoms with Crippen LogP contribution in [0.3, 0.4) is 0 Å². The SMILES string of the molecule is Cc1cncc(Nc2ccccn2)c1. The van der Waals surface area contributed by atoms with E-state index < -0.39 is 0 Å². The molecular weight excluding hydrogens is 174 g/mol.